The second-order valence-electron chi connectivity index (χ2n) is 10.7. The summed E-state index contributed by atoms with van der Waals surface area (Å²) >= 11 is 7.75. The minimum Gasteiger partial charge on any atom is -0.497 e. The summed E-state index contributed by atoms with van der Waals surface area (Å²) in [5, 5.41) is 11.4. The van der Waals surface area contributed by atoms with Crippen LogP contribution in [0.25, 0.3) is 10.2 Å². The normalized spacial score (nSPS) is 22.0. The molecule has 0 saturated carbocycles. The molecule has 230 valence electrons. The monoisotopic (exact) mass is 656 g/mol. The van der Waals surface area contributed by atoms with Crippen molar-refractivity contribution in [3.8, 4) is 11.5 Å². The highest BCUT2D eigenvalue weighted by molar-refractivity contribution is 7.93. The summed E-state index contributed by atoms with van der Waals surface area (Å²) in [6.45, 7) is -0.0996. The second-order valence-corrected chi connectivity index (χ2v) is 14.0. The summed E-state index contributed by atoms with van der Waals surface area (Å²) in [4.78, 5) is 36.3. The predicted molar refractivity (Wildman–Crippen MR) is 166 cm³/mol. The third-order valence-electron chi connectivity index (χ3n) is 7.99. The number of hydrogen-bond acceptors (Lipinski definition) is 10. The molecule has 0 radical (unpaired) electrons. The highest BCUT2D eigenvalue weighted by Gasteiger charge is 2.64. The number of aliphatic hydroxyl groups excluding tert-OH is 1. The minimum absolute atomic E-state index is 0.0255. The number of rotatable bonds is 7. The van der Waals surface area contributed by atoms with E-state index in [1.54, 1.807) is 25.1 Å². The van der Waals surface area contributed by atoms with Gasteiger partial charge in [-0.2, -0.15) is 0 Å². The molecule has 3 heterocycles. The number of methoxy groups -OCH3 is 2. The SMILES string of the molecule is COc1ccc(S(=O)(=O)N2C(=O)C(c3nc4ccccc4s3)(N3C[C@H](O)C[C@H]3C(=O)N(C)C)c3cc(Cl)ccc32)c(OC)c1. The van der Waals surface area contributed by atoms with Crippen LogP contribution >= 0.6 is 22.9 Å². The van der Waals surface area contributed by atoms with Crippen molar-refractivity contribution in [3.05, 3.63) is 76.3 Å². The van der Waals surface area contributed by atoms with Crippen LogP contribution < -0.4 is 13.8 Å². The second kappa shape index (κ2) is 11.0. The summed E-state index contributed by atoms with van der Waals surface area (Å²) in [7, 11) is 1.30. The van der Waals surface area contributed by atoms with Gasteiger partial charge in [-0.15, -0.1) is 11.3 Å². The fourth-order valence-corrected chi connectivity index (χ4v) is 8.98. The van der Waals surface area contributed by atoms with Crippen molar-refractivity contribution in [2.24, 2.45) is 0 Å². The number of benzene rings is 3. The van der Waals surface area contributed by atoms with Crippen molar-refractivity contribution in [1.82, 2.24) is 14.8 Å². The Labute approximate surface area is 263 Å². The van der Waals surface area contributed by atoms with Gasteiger partial charge in [-0.05, 0) is 48.9 Å². The molecule has 1 saturated heterocycles. The number of sulfonamides is 1. The van der Waals surface area contributed by atoms with E-state index in [9.17, 15) is 18.3 Å². The number of hydrogen-bond donors (Lipinski definition) is 1. The van der Waals surface area contributed by atoms with E-state index < -0.39 is 33.6 Å². The third kappa shape index (κ3) is 4.45. The maximum atomic E-state index is 15.2. The van der Waals surface area contributed by atoms with E-state index in [1.165, 1.54) is 66.9 Å². The van der Waals surface area contributed by atoms with Crippen LogP contribution in [0.2, 0.25) is 5.02 Å². The number of nitrogens with zero attached hydrogens (tertiary/aromatic N) is 4. The summed E-state index contributed by atoms with van der Waals surface area (Å²) in [6.07, 6.45) is -0.941. The summed E-state index contributed by atoms with van der Waals surface area (Å²) in [5.74, 6) is -0.892. The van der Waals surface area contributed by atoms with Crippen LogP contribution in [-0.4, -0.2) is 87.1 Å². The van der Waals surface area contributed by atoms with Crippen molar-refractivity contribution in [1.29, 1.82) is 0 Å². The first-order valence-electron chi connectivity index (χ1n) is 13.6. The number of likely N-dealkylation sites (N-methyl/N-ethyl adjacent to an activating group) is 1. The fraction of sp³-hybridized carbons (Fsp3) is 0.300. The zero-order valence-electron chi connectivity index (χ0n) is 24.2. The first-order valence-corrected chi connectivity index (χ1v) is 16.2. The zero-order valence-corrected chi connectivity index (χ0v) is 26.6. The van der Waals surface area contributed by atoms with Gasteiger partial charge in [0.05, 0.1) is 42.3 Å². The van der Waals surface area contributed by atoms with Gasteiger partial charge >= 0.3 is 0 Å². The third-order valence-corrected chi connectivity index (χ3v) is 11.1. The summed E-state index contributed by atoms with van der Waals surface area (Å²) in [6, 6.07) is 15.0. The molecule has 1 fully saturated rings. The Morgan fingerprint density at radius 3 is 2.55 bits per heavy atom. The molecule has 44 heavy (non-hydrogen) atoms. The lowest BCUT2D eigenvalue weighted by molar-refractivity contribution is -0.138. The molecule has 0 spiro atoms. The largest absolute Gasteiger partial charge is 0.497 e. The van der Waals surface area contributed by atoms with Crippen LogP contribution in [-0.2, 0) is 25.2 Å². The Morgan fingerprint density at radius 1 is 1.11 bits per heavy atom. The molecule has 6 rings (SSSR count). The lowest BCUT2D eigenvalue weighted by atomic mass is 9.88. The number of β-amino-alcohol motifs (C(OH)–C–C–N with tert-alkyl or cyclic N) is 1. The number of aromatic nitrogens is 1. The number of amides is 2. The lowest BCUT2D eigenvalue weighted by Gasteiger charge is -2.39. The highest BCUT2D eigenvalue weighted by Crippen LogP contribution is 2.54. The number of para-hydroxylation sites is 1. The van der Waals surface area contributed by atoms with Crippen LogP contribution in [0.5, 0.6) is 11.5 Å². The van der Waals surface area contributed by atoms with Crippen molar-refractivity contribution in [2.45, 2.75) is 29.0 Å². The van der Waals surface area contributed by atoms with Gasteiger partial charge in [-0.1, -0.05) is 23.7 Å². The lowest BCUT2D eigenvalue weighted by Crippen LogP contribution is -2.59. The van der Waals surface area contributed by atoms with Crippen LogP contribution in [0.1, 0.15) is 17.0 Å². The van der Waals surface area contributed by atoms with Gasteiger partial charge in [0.2, 0.25) is 5.91 Å². The number of ether oxygens (including phenoxy) is 2. The molecule has 1 unspecified atom stereocenters. The molecule has 0 aliphatic carbocycles. The van der Waals surface area contributed by atoms with E-state index in [1.807, 2.05) is 18.2 Å². The van der Waals surface area contributed by atoms with E-state index in [0.29, 0.717) is 11.3 Å². The Balaban J connectivity index is 1.67. The standard InChI is InChI=1S/C30H29ClN4O7S2/c1-33(2)27(37)23-14-18(36)16-34(23)30(28-32-21-7-5-6-8-25(21)43-28)20-13-17(31)9-11-22(20)35(29(30)38)44(39,40)26-12-10-19(41-3)15-24(26)42-4/h5-13,15,18,23,36H,14,16H2,1-4H3/t18-,23+,30?/m1/s1. The predicted octanol–water partition coefficient (Wildman–Crippen LogP) is 3.47. The minimum atomic E-state index is -4.64. The molecular formula is C30H29ClN4O7S2. The first-order chi connectivity index (χ1) is 20.9. The maximum Gasteiger partial charge on any atom is 0.274 e. The van der Waals surface area contributed by atoms with Crippen molar-refractivity contribution in [2.75, 3.05) is 39.2 Å². The fourth-order valence-electron chi connectivity index (χ4n) is 6.02. The number of thiazole rings is 1. The molecule has 1 N–H and O–H groups in total. The van der Waals surface area contributed by atoms with Crippen LogP contribution in [0, 0.1) is 0 Å². The van der Waals surface area contributed by atoms with Crippen molar-refractivity contribution < 1.29 is 32.6 Å². The van der Waals surface area contributed by atoms with Crippen molar-refractivity contribution in [3.63, 3.8) is 0 Å². The van der Waals surface area contributed by atoms with Crippen LogP contribution in [0.4, 0.5) is 5.69 Å². The molecular weight excluding hydrogens is 628 g/mol. The highest BCUT2D eigenvalue weighted by atomic mass is 35.5. The van der Waals surface area contributed by atoms with Crippen LogP contribution in [0.15, 0.2) is 65.6 Å². The molecule has 11 nitrogen and oxygen atoms in total. The molecule has 3 aromatic carbocycles. The van der Waals surface area contributed by atoms with Gasteiger partial charge in [0.15, 0.2) is 5.54 Å². The molecule has 2 aliphatic heterocycles. The Hall–Kier alpha value is -3.75. The molecule has 4 aromatic rings. The van der Waals surface area contributed by atoms with Gasteiger partial charge in [0.1, 0.15) is 21.4 Å². The number of likely N-dealkylation sites (tertiary alicyclic amines) is 1. The van der Waals surface area contributed by atoms with E-state index in [-0.39, 0.29) is 50.8 Å². The van der Waals surface area contributed by atoms with Gasteiger partial charge < -0.3 is 19.5 Å². The summed E-state index contributed by atoms with van der Waals surface area (Å²) in [5.41, 5.74) is -1.05. The number of aliphatic hydroxyl groups is 1. The van der Waals surface area contributed by atoms with Gasteiger partial charge in [-0.25, -0.2) is 17.7 Å². The van der Waals surface area contributed by atoms with Gasteiger partial charge in [0, 0.05) is 37.3 Å². The number of fused-ring (bicyclic) bond motifs is 2. The smallest absolute Gasteiger partial charge is 0.274 e. The average Bonchev–Trinajstić information content (AvgIpc) is 3.68. The molecule has 2 aliphatic rings. The topological polar surface area (TPSA) is 130 Å². The Morgan fingerprint density at radius 2 is 1.86 bits per heavy atom. The maximum absolute atomic E-state index is 15.2. The van der Waals surface area contributed by atoms with Crippen LogP contribution in [0.3, 0.4) is 0 Å². The molecule has 0 bridgehead atoms. The quantitative estimate of drug-likeness (QED) is 0.318. The molecule has 14 heteroatoms. The average molecular weight is 657 g/mol. The Bertz CT molecular complexity index is 1880. The summed E-state index contributed by atoms with van der Waals surface area (Å²) < 4.78 is 41.3. The number of carbonyl (C=O) groups is 2. The van der Waals surface area contributed by atoms with E-state index in [0.717, 1.165) is 9.01 Å². The Kier molecular flexibility index (Phi) is 7.57. The number of anilines is 1. The van der Waals surface area contributed by atoms with E-state index in [2.05, 4.69) is 0 Å². The van der Waals surface area contributed by atoms with E-state index >= 15 is 4.79 Å². The number of halogens is 1. The molecule has 3 atom stereocenters. The van der Waals surface area contributed by atoms with Gasteiger partial charge in [-0.3, -0.25) is 14.5 Å². The van der Waals surface area contributed by atoms with Crippen molar-refractivity contribution >= 4 is 60.7 Å². The number of carbonyl (C=O) groups excluding carboxylic acids is 2. The molecule has 2 amide bonds. The van der Waals surface area contributed by atoms with Gasteiger partial charge in [0.25, 0.3) is 15.9 Å². The molecule has 1 aromatic heterocycles. The zero-order chi connectivity index (χ0) is 31.6. The first kappa shape index (κ1) is 30.3. The van der Waals surface area contributed by atoms with E-state index in [4.69, 9.17) is 26.1 Å².